The van der Waals surface area contributed by atoms with E-state index < -0.39 is 47.8 Å². The van der Waals surface area contributed by atoms with Crippen LogP contribution >= 0.6 is 11.6 Å². The number of nitrogens with zero attached hydrogens (tertiary/aromatic N) is 3. The Morgan fingerprint density at radius 2 is 1.67 bits per heavy atom. The average molecular weight is 661 g/mol. The zero-order valence-corrected chi connectivity index (χ0v) is 25.5. The minimum Gasteiger partial charge on any atom is -0.469 e. The van der Waals surface area contributed by atoms with Gasteiger partial charge in [0, 0.05) is 29.7 Å². The Labute approximate surface area is 266 Å². The highest BCUT2D eigenvalue weighted by molar-refractivity contribution is 6.34. The lowest BCUT2D eigenvalue weighted by Gasteiger charge is -2.19. The smallest absolute Gasteiger partial charge is 0.323 e. The number of nitrogens with two attached hydrogens (primary N) is 1. The standard InChI is InChI=1S/C29H31ClF2N8O6/c1-28(31,32)15-46-27-38-25(37-26(39-27)40-29(11-12-29)17-5-7-18(30)8-6-17)36-19-9-3-16(4-10-19)23(43)35-20(13-21(41)45-2)14-34-24(44)22(33)42/h3-10,20H,11-15H2,1-2H3,(H2,33,42)(H,34,44)(H,35,43)(H2,36,37,38,39,40). The second-order valence-corrected chi connectivity index (χ2v) is 11.0. The molecule has 6 N–H and O–H groups in total. The number of aromatic nitrogens is 3. The SMILES string of the molecule is COC(=O)CC(CNC(=O)C(N)=O)NC(=O)c1ccc(Nc2nc(NC3(c4ccc(Cl)cc4)CC3)nc(OCC(C)(F)F)n2)cc1. The molecule has 1 aliphatic carbocycles. The second kappa shape index (κ2) is 14.3. The van der Waals surface area contributed by atoms with Crippen LogP contribution < -0.4 is 31.7 Å². The maximum atomic E-state index is 13.5. The van der Waals surface area contributed by atoms with Crippen LogP contribution in [0.3, 0.4) is 0 Å². The number of primary amides is 1. The van der Waals surface area contributed by atoms with Crippen LogP contribution in [-0.4, -0.2) is 70.9 Å². The number of benzene rings is 2. The fourth-order valence-electron chi connectivity index (χ4n) is 4.18. The van der Waals surface area contributed by atoms with Crippen LogP contribution in [-0.2, 0) is 24.7 Å². The molecule has 1 heterocycles. The van der Waals surface area contributed by atoms with Crippen molar-refractivity contribution in [1.29, 1.82) is 0 Å². The number of nitrogens with one attached hydrogen (secondary N) is 4. The number of anilines is 3. The van der Waals surface area contributed by atoms with Crippen molar-refractivity contribution in [2.75, 3.05) is 30.9 Å². The van der Waals surface area contributed by atoms with Crippen LogP contribution in [0.2, 0.25) is 5.02 Å². The summed E-state index contributed by atoms with van der Waals surface area (Å²) in [6.45, 7) is -0.504. The first kappa shape index (κ1) is 33.8. The molecule has 3 amide bonds. The van der Waals surface area contributed by atoms with Gasteiger partial charge >= 0.3 is 23.8 Å². The fourth-order valence-corrected chi connectivity index (χ4v) is 4.31. The summed E-state index contributed by atoms with van der Waals surface area (Å²) in [5, 5.41) is 11.6. The number of ether oxygens (including phenoxy) is 2. The van der Waals surface area contributed by atoms with Gasteiger partial charge in [-0.15, -0.1) is 0 Å². The van der Waals surface area contributed by atoms with Gasteiger partial charge in [0.25, 0.3) is 11.8 Å². The molecule has 0 aliphatic heterocycles. The van der Waals surface area contributed by atoms with E-state index in [0.717, 1.165) is 25.5 Å². The van der Waals surface area contributed by atoms with Crippen LogP contribution in [0.25, 0.3) is 0 Å². The Morgan fingerprint density at radius 1 is 1.02 bits per heavy atom. The van der Waals surface area contributed by atoms with Crippen molar-refractivity contribution in [3.63, 3.8) is 0 Å². The summed E-state index contributed by atoms with van der Waals surface area (Å²) < 4.78 is 36.9. The van der Waals surface area contributed by atoms with Gasteiger partial charge in [-0.25, -0.2) is 8.78 Å². The number of hydrogen-bond acceptors (Lipinski definition) is 11. The Hall–Kier alpha value is -5.12. The van der Waals surface area contributed by atoms with E-state index in [0.29, 0.717) is 17.6 Å². The molecule has 17 heteroatoms. The van der Waals surface area contributed by atoms with E-state index >= 15 is 0 Å². The number of alkyl halides is 2. The molecule has 2 aromatic carbocycles. The number of hydrogen-bond donors (Lipinski definition) is 5. The van der Waals surface area contributed by atoms with E-state index in [1.165, 1.54) is 24.3 Å². The van der Waals surface area contributed by atoms with Crippen LogP contribution in [0.15, 0.2) is 48.5 Å². The summed E-state index contributed by atoms with van der Waals surface area (Å²) in [4.78, 5) is 59.9. The van der Waals surface area contributed by atoms with Crippen molar-refractivity contribution in [3.05, 3.63) is 64.7 Å². The summed E-state index contributed by atoms with van der Waals surface area (Å²) >= 11 is 6.03. The van der Waals surface area contributed by atoms with Crippen LogP contribution in [0, 0.1) is 0 Å². The first-order valence-electron chi connectivity index (χ1n) is 13.9. The molecule has 0 saturated heterocycles. The molecular formula is C29H31ClF2N8O6. The Morgan fingerprint density at radius 3 is 2.26 bits per heavy atom. The number of esters is 1. The van der Waals surface area contributed by atoms with Crippen molar-refractivity contribution in [3.8, 4) is 6.01 Å². The van der Waals surface area contributed by atoms with Crippen LogP contribution in [0.1, 0.15) is 42.1 Å². The van der Waals surface area contributed by atoms with Crippen molar-refractivity contribution in [1.82, 2.24) is 25.6 Å². The highest BCUT2D eigenvalue weighted by Crippen LogP contribution is 2.48. The van der Waals surface area contributed by atoms with Gasteiger partial charge in [-0.2, -0.15) is 15.0 Å². The van der Waals surface area contributed by atoms with Crippen molar-refractivity contribution >= 4 is 52.9 Å². The molecule has 244 valence electrons. The van der Waals surface area contributed by atoms with Crippen LogP contribution in [0.4, 0.5) is 26.4 Å². The summed E-state index contributed by atoms with van der Waals surface area (Å²) in [6.07, 6.45) is 1.26. The summed E-state index contributed by atoms with van der Waals surface area (Å²) in [5.41, 5.74) is 6.02. The zero-order valence-electron chi connectivity index (χ0n) is 24.7. The third kappa shape index (κ3) is 9.69. The Bertz CT molecular complexity index is 1580. The van der Waals surface area contributed by atoms with Gasteiger partial charge in [-0.05, 0) is 54.8 Å². The topological polar surface area (TPSA) is 200 Å². The van der Waals surface area contributed by atoms with Gasteiger partial charge in [-0.3, -0.25) is 19.2 Å². The molecule has 1 saturated carbocycles. The molecular weight excluding hydrogens is 630 g/mol. The molecule has 1 aromatic heterocycles. The first-order chi connectivity index (χ1) is 21.7. The number of carbonyl (C=O) groups excluding carboxylic acids is 4. The molecule has 0 radical (unpaired) electrons. The molecule has 0 spiro atoms. The largest absolute Gasteiger partial charge is 0.469 e. The van der Waals surface area contributed by atoms with E-state index in [4.69, 9.17) is 22.1 Å². The van der Waals surface area contributed by atoms with Gasteiger partial charge in [0.1, 0.15) is 0 Å². The van der Waals surface area contributed by atoms with E-state index in [1.807, 2.05) is 12.1 Å². The highest BCUT2D eigenvalue weighted by Gasteiger charge is 2.45. The van der Waals surface area contributed by atoms with Gasteiger partial charge in [0.05, 0.1) is 25.1 Å². The maximum Gasteiger partial charge on any atom is 0.323 e. The van der Waals surface area contributed by atoms with Gasteiger partial charge in [-0.1, -0.05) is 23.7 Å². The molecule has 14 nitrogen and oxygen atoms in total. The fraction of sp³-hybridized carbons (Fsp3) is 0.345. The van der Waals surface area contributed by atoms with Crippen molar-refractivity contribution in [2.24, 2.45) is 5.73 Å². The lowest BCUT2D eigenvalue weighted by atomic mass is 10.1. The van der Waals surface area contributed by atoms with Gasteiger partial charge < -0.3 is 36.5 Å². The van der Waals surface area contributed by atoms with Crippen molar-refractivity contribution in [2.45, 2.75) is 43.7 Å². The molecule has 1 fully saturated rings. The third-order valence-electron chi connectivity index (χ3n) is 6.68. The molecule has 0 bridgehead atoms. The molecule has 1 aliphatic rings. The summed E-state index contributed by atoms with van der Waals surface area (Å²) in [5.74, 6) is -6.60. The monoisotopic (exact) mass is 660 g/mol. The highest BCUT2D eigenvalue weighted by atomic mass is 35.5. The zero-order chi connectivity index (χ0) is 33.5. The Balaban J connectivity index is 1.48. The molecule has 46 heavy (non-hydrogen) atoms. The molecule has 1 atom stereocenters. The molecule has 3 aromatic rings. The predicted molar refractivity (Wildman–Crippen MR) is 162 cm³/mol. The quantitative estimate of drug-likeness (QED) is 0.126. The first-order valence-corrected chi connectivity index (χ1v) is 14.3. The number of methoxy groups -OCH3 is 1. The number of carbonyl (C=O) groups is 4. The maximum absolute atomic E-state index is 13.5. The number of amides is 3. The third-order valence-corrected chi connectivity index (χ3v) is 6.93. The van der Waals surface area contributed by atoms with E-state index in [2.05, 4.69) is 41.0 Å². The predicted octanol–water partition coefficient (Wildman–Crippen LogP) is 2.67. The van der Waals surface area contributed by atoms with E-state index in [1.54, 1.807) is 12.1 Å². The molecule has 1 unspecified atom stereocenters. The number of halogens is 3. The summed E-state index contributed by atoms with van der Waals surface area (Å²) in [7, 11) is 1.16. The van der Waals surface area contributed by atoms with Gasteiger partial charge in [0.2, 0.25) is 11.9 Å². The lowest BCUT2D eigenvalue weighted by molar-refractivity contribution is -0.141. The number of rotatable bonds is 14. The Kier molecular flexibility index (Phi) is 10.5. The van der Waals surface area contributed by atoms with Gasteiger partial charge in [0.15, 0.2) is 6.61 Å². The summed E-state index contributed by atoms with van der Waals surface area (Å²) in [6, 6.07) is 12.0. The van der Waals surface area contributed by atoms with E-state index in [9.17, 15) is 28.0 Å². The minimum absolute atomic E-state index is 0.0145. The molecule has 4 rings (SSSR count). The van der Waals surface area contributed by atoms with E-state index in [-0.39, 0.29) is 36.4 Å². The normalized spacial score (nSPS) is 13.9. The van der Waals surface area contributed by atoms with Crippen LogP contribution in [0.5, 0.6) is 6.01 Å². The average Bonchev–Trinajstić information content (AvgIpc) is 3.79. The lowest BCUT2D eigenvalue weighted by Crippen LogP contribution is -2.47. The second-order valence-electron chi connectivity index (χ2n) is 10.6. The van der Waals surface area contributed by atoms with Crippen molar-refractivity contribution < 1.29 is 37.4 Å². The minimum atomic E-state index is -3.13.